The number of esters is 2. The molecule has 0 saturated heterocycles. The summed E-state index contributed by atoms with van der Waals surface area (Å²) >= 11 is 0. The van der Waals surface area contributed by atoms with Gasteiger partial charge < -0.3 is 19.7 Å². The molecule has 7 atom stereocenters. The molecule has 0 aliphatic heterocycles. The molecule has 3 fully saturated rings. The smallest absolute Gasteiger partial charge is 0.315 e. The molecule has 3 rings (SSSR count). The van der Waals surface area contributed by atoms with Crippen molar-refractivity contribution in [3.05, 3.63) is 47.1 Å². The Labute approximate surface area is 239 Å². The molecule has 3 saturated carbocycles. The molecule has 0 radical (unpaired) electrons. The number of hydrogen-bond donors (Lipinski definition) is 2. The molecule has 0 amide bonds. The number of ketones is 1. The van der Waals surface area contributed by atoms with Gasteiger partial charge in [0, 0.05) is 24.3 Å². The van der Waals surface area contributed by atoms with E-state index in [4.69, 9.17) is 9.47 Å². The molecule has 0 aromatic rings. The summed E-state index contributed by atoms with van der Waals surface area (Å²) < 4.78 is 11.0. The molecule has 0 bridgehead atoms. The Hall–Kier alpha value is -2.51. The first kappa shape index (κ1) is 32.0. The van der Waals surface area contributed by atoms with Crippen molar-refractivity contribution >= 4 is 17.7 Å². The zero-order valence-electron chi connectivity index (χ0n) is 25.7. The standard InChI is InChI=1S/C33H48O7/c1-20(13-14-26(36)30(4,5)38)11-10-12-21(2)28-23(35)19-25-31(6)18-16-27(40-22(3)34)33(8,29(37)39-9)24(31)15-17-32(25,28)7/h10-14,24-27,36,38H,15-19H2,1-9H3. The number of ether oxygens (including phenoxy) is 2. The Morgan fingerprint density at radius 1 is 1.05 bits per heavy atom. The van der Waals surface area contributed by atoms with Crippen LogP contribution >= 0.6 is 0 Å². The molecule has 3 aliphatic rings. The highest BCUT2D eigenvalue weighted by Crippen LogP contribution is 2.69. The minimum absolute atomic E-state index is 0.0652. The van der Waals surface area contributed by atoms with Gasteiger partial charge in [0.05, 0.1) is 12.7 Å². The SMILES string of the molecule is COC(=O)C1(C)C(OC(C)=O)CCC2(C)C3CC(=O)C(=C(C)C=CC=C(C)C=CC(O)C(C)(C)O)C3(C)CCC21. The van der Waals surface area contributed by atoms with Crippen LogP contribution in [0, 0.1) is 28.1 Å². The summed E-state index contributed by atoms with van der Waals surface area (Å²) in [7, 11) is 1.38. The molecule has 0 spiro atoms. The molecule has 0 aromatic carbocycles. The van der Waals surface area contributed by atoms with Crippen LogP contribution in [0.3, 0.4) is 0 Å². The van der Waals surface area contributed by atoms with Crippen molar-refractivity contribution in [1.82, 2.24) is 0 Å². The third-order valence-corrected chi connectivity index (χ3v) is 10.2. The average molecular weight is 557 g/mol. The summed E-state index contributed by atoms with van der Waals surface area (Å²) in [5.41, 5.74) is -0.104. The first-order valence-electron chi connectivity index (χ1n) is 14.4. The van der Waals surface area contributed by atoms with Gasteiger partial charge in [-0.15, -0.1) is 0 Å². The van der Waals surface area contributed by atoms with E-state index in [-0.39, 0.29) is 34.4 Å². The van der Waals surface area contributed by atoms with Crippen LogP contribution in [0.5, 0.6) is 0 Å². The maximum absolute atomic E-state index is 13.6. The Morgan fingerprint density at radius 3 is 2.27 bits per heavy atom. The van der Waals surface area contributed by atoms with Gasteiger partial charge in [-0.25, -0.2) is 0 Å². The van der Waals surface area contributed by atoms with E-state index in [0.29, 0.717) is 12.8 Å². The maximum atomic E-state index is 13.6. The highest BCUT2D eigenvalue weighted by molar-refractivity contribution is 6.01. The number of carbonyl (C=O) groups is 3. The zero-order valence-corrected chi connectivity index (χ0v) is 25.7. The van der Waals surface area contributed by atoms with E-state index < -0.39 is 29.2 Å². The highest BCUT2D eigenvalue weighted by Gasteiger charge is 2.68. The van der Waals surface area contributed by atoms with Crippen LogP contribution in [-0.4, -0.2) is 52.9 Å². The van der Waals surface area contributed by atoms with Crippen LogP contribution < -0.4 is 0 Å². The van der Waals surface area contributed by atoms with Crippen LogP contribution in [0.1, 0.15) is 87.5 Å². The number of fused-ring (bicyclic) bond motifs is 3. The average Bonchev–Trinajstić information content (AvgIpc) is 3.14. The van der Waals surface area contributed by atoms with Crippen LogP contribution in [-0.2, 0) is 23.9 Å². The quantitative estimate of drug-likeness (QED) is 0.245. The Kier molecular flexibility index (Phi) is 9.12. The lowest BCUT2D eigenvalue weighted by Gasteiger charge is -2.61. The van der Waals surface area contributed by atoms with Crippen LogP contribution in [0.4, 0.5) is 0 Å². The molecule has 2 N–H and O–H groups in total. The molecule has 40 heavy (non-hydrogen) atoms. The van der Waals surface area contributed by atoms with Gasteiger partial charge in [-0.05, 0) is 83.1 Å². The molecule has 7 unspecified atom stereocenters. The first-order chi connectivity index (χ1) is 18.4. The highest BCUT2D eigenvalue weighted by atomic mass is 16.6. The normalized spacial score (nSPS) is 36.8. The summed E-state index contributed by atoms with van der Waals surface area (Å²) in [5.74, 6) is -0.615. The van der Waals surface area contributed by atoms with Crippen molar-refractivity contribution in [2.24, 2.45) is 28.1 Å². The number of allylic oxidation sites excluding steroid dienone is 7. The fourth-order valence-electron chi connectivity index (χ4n) is 8.09. The summed E-state index contributed by atoms with van der Waals surface area (Å²) in [4.78, 5) is 38.8. The molecule has 222 valence electrons. The summed E-state index contributed by atoms with van der Waals surface area (Å²) in [6, 6.07) is 0. The Balaban J connectivity index is 1.93. The molecular formula is C33H48O7. The topological polar surface area (TPSA) is 110 Å². The van der Waals surface area contributed by atoms with Crippen molar-refractivity contribution in [1.29, 1.82) is 0 Å². The van der Waals surface area contributed by atoms with E-state index in [1.165, 1.54) is 14.0 Å². The first-order valence-corrected chi connectivity index (χ1v) is 14.4. The van der Waals surface area contributed by atoms with E-state index in [0.717, 1.165) is 36.0 Å². The lowest BCUT2D eigenvalue weighted by atomic mass is 9.42. The van der Waals surface area contributed by atoms with Gasteiger partial charge in [-0.3, -0.25) is 14.4 Å². The van der Waals surface area contributed by atoms with Gasteiger partial charge in [0.15, 0.2) is 5.78 Å². The minimum Gasteiger partial charge on any atom is -0.468 e. The number of rotatable bonds is 7. The largest absolute Gasteiger partial charge is 0.468 e. The maximum Gasteiger partial charge on any atom is 0.315 e. The lowest BCUT2D eigenvalue weighted by molar-refractivity contribution is -0.206. The Bertz CT molecular complexity index is 1150. The summed E-state index contributed by atoms with van der Waals surface area (Å²) in [6.45, 7) is 14.7. The second-order valence-electron chi connectivity index (χ2n) is 13.4. The summed E-state index contributed by atoms with van der Waals surface area (Å²) in [5, 5.41) is 19.9. The fourth-order valence-corrected chi connectivity index (χ4v) is 8.09. The molecule has 7 heteroatoms. The van der Waals surface area contributed by atoms with Crippen LogP contribution in [0.2, 0.25) is 0 Å². The molecule has 0 heterocycles. The number of methoxy groups -OCH3 is 1. The third-order valence-electron chi connectivity index (χ3n) is 10.2. The van der Waals surface area contributed by atoms with Gasteiger partial charge in [0.25, 0.3) is 0 Å². The van der Waals surface area contributed by atoms with E-state index in [9.17, 15) is 24.6 Å². The van der Waals surface area contributed by atoms with Crippen LogP contribution in [0.25, 0.3) is 0 Å². The van der Waals surface area contributed by atoms with Crippen molar-refractivity contribution in [2.75, 3.05) is 7.11 Å². The van der Waals surface area contributed by atoms with Crippen molar-refractivity contribution in [3.8, 4) is 0 Å². The lowest BCUT2D eigenvalue weighted by Crippen LogP contribution is -2.62. The Morgan fingerprint density at radius 2 is 1.70 bits per heavy atom. The molecule has 0 aromatic heterocycles. The second kappa shape index (κ2) is 11.4. The van der Waals surface area contributed by atoms with E-state index in [1.807, 2.05) is 39.0 Å². The predicted octanol–water partition coefficient (Wildman–Crippen LogP) is 5.41. The van der Waals surface area contributed by atoms with Crippen molar-refractivity contribution < 1.29 is 34.1 Å². The van der Waals surface area contributed by atoms with Gasteiger partial charge in [0.2, 0.25) is 0 Å². The predicted molar refractivity (Wildman–Crippen MR) is 154 cm³/mol. The minimum atomic E-state index is -1.22. The number of Topliss-reactive ketones (excluding diaryl/α,β-unsaturated/α-hetero) is 1. The number of aliphatic hydroxyl groups is 2. The van der Waals surface area contributed by atoms with Gasteiger partial charge in [-0.1, -0.05) is 49.8 Å². The van der Waals surface area contributed by atoms with Crippen molar-refractivity contribution in [3.63, 3.8) is 0 Å². The number of carbonyl (C=O) groups excluding carboxylic acids is 3. The zero-order chi connectivity index (χ0) is 30.3. The van der Waals surface area contributed by atoms with Gasteiger partial charge >= 0.3 is 11.9 Å². The third kappa shape index (κ3) is 5.64. The monoisotopic (exact) mass is 556 g/mol. The fraction of sp³-hybridized carbons (Fsp3) is 0.667. The van der Waals surface area contributed by atoms with E-state index in [1.54, 1.807) is 26.0 Å². The van der Waals surface area contributed by atoms with Gasteiger partial charge in [-0.2, -0.15) is 0 Å². The van der Waals surface area contributed by atoms with Crippen LogP contribution in [0.15, 0.2) is 47.1 Å². The second-order valence-corrected chi connectivity index (χ2v) is 13.4. The van der Waals surface area contributed by atoms with E-state index >= 15 is 0 Å². The number of hydrogen-bond acceptors (Lipinski definition) is 7. The molecular weight excluding hydrogens is 508 g/mol. The van der Waals surface area contributed by atoms with E-state index in [2.05, 4.69) is 13.8 Å². The number of aliphatic hydroxyl groups excluding tert-OH is 1. The van der Waals surface area contributed by atoms with Crippen molar-refractivity contribution in [2.45, 2.75) is 105 Å². The molecule has 3 aliphatic carbocycles. The molecule has 7 nitrogen and oxygen atoms in total. The summed E-state index contributed by atoms with van der Waals surface area (Å²) in [6.07, 6.45) is 10.8. The van der Waals surface area contributed by atoms with Gasteiger partial charge in [0.1, 0.15) is 17.6 Å².